The molecule has 4 atom stereocenters. The molecular formula is C21H22Cl2N4O5. The molecule has 0 radical (unpaired) electrons. The van der Waals surface area contributed by atoms with Gasteiger partial charge in [-0.1, -0.05) is 53.5 Å². The molecule has 3 aromatic rings. The normalized spacial score (nSPS) is 15.6. The molecule has 0 bridgehead atoms. The van der Waals surface area contributed by atoms with Crippen LogP contribution in [0, 0.1) is 0 Å². The fourth-order valence-electron chi connectivity index (χ4n) is 2.89. The smallest absolute Gasteiger partial charge is 0.169 e. The first-order valence-corrected chi connectivity index (χ1v) is 10.4. The van der Waals surface area contributed by atoms with Crippen molar-refractivity contribution in [3.63, 3.8) is 0 Å². The monoisotopic (exact) mass is 480 g/mol. The van der Waals surface area contributed by atoms with Crippen molar-refractivity contribution in [3.05, 3.63) is 63.8 Å². The molecule has 0 aliphatic carbocycles. The van der Waals surface area contributed by atoms with Gasteiger partial charge in [0, 0.05) is 6.42 Å². The molecule has 1 heterocycles. The largest absolute Gasteiger partial charge is 0.394 e. The number of aliphatic hydroxyl groups excluding tert-OH is 5. The number of rotatable bonds is 9. The van der Waals surface area contributed by atoms with Gasteiger partial charge in [0.25, 0.3) is 0 Å². The number of nitrogens with one attached hydrogen (secondary N) is 1. The van der Waals surface area contributed by atoms with E-state index < -0.39 is 31.0 Å². The Labute approximate surface area is 193 Å². The van der Waals surface area contributed by atoms with Crippen LogP contribution in [0.3, 0.4) is 0 Å². The van der Waals surface area contributed by atoms with Crippen molar-refractivity contribution in [3.8, 4) is 0 Å². The molecule has 170 valence electrons. The van der Waals surface area contributed by atoms with Crippen LogP contribution >= 0.6 is 23.2 Å². The van der Waals surface area contributed by atoms with Crippen LogP contribution < -0.4 is 5.43 Å². The number of fused-ring (bicyclic) bond motifs is 1. The molecule has 1 unspecified atom stereocenters. The second kappa shape index (κ2) is 11.0. The van der Waals surface area contributed by atoms with Gasteiger partial charge in [-0.2, -0.15) is 5.10 Å². The first kappa shape index (κ1) is 24.3. The second-order valence-corrected chi connectivity index (χ2v) is 7.86. The van der Waals surface area contributed by atoms with Crippen LogP contribution in [0.4, 0.5) is 5.82 Å². The van der Waals surface area contributed by atoms with E-state index in [0.717, 1.165) is 11.8 Å². The lowest BCUT2D eigenvalue weighted by Crippen LogP contribution is -2.46. The summed E-state index contributed by atoms with van der Waals surface area (Å²) in [6.07, 6.45) is -5.41. The van der Waals surface area contributed by atoms with Gasteiger partial charge in [-0.05, 0) is 17.7 Å². The number of hydrazone groups is 1. The van der Waals surface area contributed by atoms with E-state index >= 15 is 0 Å². The van der Waals surface area contributed by atoms with Crippen molar-refractivity contribution in [2.75, 3.05) is 12.0 Å². The van der Waals surface area contributed by atoms with Gasteiger partial charge >= 0.3 is 0 Å². The Morgan fingerprint density at radius 1 is 0.938 bits per heavy atom. The Morgan fingerprint density at radius 3 is 2.19 bits per heavy atom. The predicted octanol–water partition coefficient (Wildman–Crippen LogP) is 1.36. The Morgan fingerprint density at radius 2 is 1.56 bits per heavy atom. The van der Waals surface area contributed by atoms with Crippen molar-refractivity contribution < 1.29 is 25.5 Å². The maximum Gasteiger partial charge on any atom is 0.169 e. The van der Waals surface area contributed by atoms with Crippen LogP contribution in [0.1, 0.15) is 11.3 Å². The van der Waals surface area contributed by atoms with Gasteiger partial charge in [0.1, 0.15) is 24.4 Å². The summed E-state index contributed by atoms with van der Waals surface area (Å²) < 4.78 is 0. The zero-order chi connectivity index (χ0) is 23.3. The number of nitrogens with zero attached hydrogens (tertiary/aromatic N) is 3. The number of hydrogen-bond acceptors (Lipinski definition) is 9. The molecule has 0 saturated heterocycles. The molecule has 0 aliphatic heterocycles. The first-order valence-electron chi connectivity index (χ1n) is 9.62. The first-order chi connectivity index (χ1) is 15.3. The number of benzene rings is 2. The minimum absolute atomic E-state index is 0.286. The Bertz CT molecular complexity index is 1090. The summed E-state index contributed by atoms with van der Waals surface area (Å²) in [6, 6.07) is 12.7. The minimum atomic E-state index is -1.77. The fraction of sp³-hybridized carbons (Fsp3) is 0.286. The van der Waals surface area contributed by atoms with E-state index in [4.69, 9.17) is 28.3 Å². The molecule has 0 aliphatic rings. The number of aliphatic hydroxyl groups is 5. The van der Waals surface area contributed by atoms with Gasteiger partial charge in [0.2, 0.25) is 0 Å². The molecule has 0 fully saturated rings. The van der Waals surface area contributed by atoms with Crippen molar-refractivity contribution in [1.29, 1.82) is 0 Å². The summed E-state index contributed by atoms with van der Waals surface area (Å²) >= 11 is 12.2. The molecule has 0 spiro atoms. The average molecular weight is 481 g/mol. The predicted molar refractivity (Wildman–Crippen MR) is 122 cm³/mol. The van der Waals surface area contributed by atoms with Gasteiger partial charge in [0.05, 0.1) is 39.6 Å². The average Bonchev–Trinajstić information content (AvgIpc) is 2.79. The number of halogens is 2. The summed E-state index contributed by atoms with van der Waals surface area (Å²) in [7, 11) is 0. The van der Waals surface area contributed by atoms with Gasteiger partial charge in [-0.15, -0.1) is 0 Å². The van der Waals surface area contributed by atoms with Crippen LogP contribution in [-0.2, 0) is 6.42 Å². The van der Waals surface area contributed by atoms with Crippen molar-refractivity contribution in [2.24, 2.45) is 5.10 Å². The van der Waals surface area contributed by atoms with E-state index in [1.165, 1.54) is 0 Å². The van der Waals surface area contributed by atoms with E-state index in [9.17, 15) is 20.4 Å². The van der Waals surface area contributed by atoms with E-state index in [-0.39, 0.29) is 5.82 Å². The van der Waals surface area contributed by atoms with Crippen LogP contribution in [0.2, 0.25) is 10.0 Å². The Balaban J connectivity index is 1.87. The molecule has 9 nitrogen and oxygen atoms in total. The SMILES string of the molecule is OC[C@@H](O)[C@H](O)[C@H](O)C(O)/C=N/Nc1nc2cc(Cl)c(Cl)cc2nc1Cc1ccccc1. The molecule has 3 rings (SSSR count). The minimum Gasteiger partial charge on any atom is -0.394 e. The standard InChI is InChI=1S/C21H22Cl2N4O5/c22-12-7-14-15(8-13(12)23)26-21(16(25-14)6-11-4-2-1-3-5-11)27-24-9-17(29)19(31)20(32)18(30)10-28/h1-5,7-9,17-20,28-32H,6,10H2,(H,26,27)/b24-9+/t17?,18-,19-,20+/m1/s1. The third kappa shape index (κ3) is 5.90. The van der Waals surface area contributed by atoms with Gasteiger partial charge in [0.15, 0.2) is 5.82 Å². The van der Waals surface area contributed by atoms with E-state index in [0.29, 0.717) is 33.2 Å². The third-order valence-corrected chi connectivity index (χ3v) is 5.39. The third-order valence-electron chi connectivity index (χ3n) is 4.67. The molecule has 11 heteroatoms. The van der Waals surface area contributed by atoms with E-state index in [1.807, 2.05) is 30.3 Å². The van der Waals surface area contributed by atoms with Gasteiger partial charge in [-0.3, -0.25) is 5.43 Å². The maximum atomic E-state index is 9.99. The Hall–Kier alpha value is -2.37. The summed E-state index contributed by atoms with van der Waals surface area (Å²) in [5.41, 5.74) is 5.21. The molecule has 6 N–H and O–H groups in total. The molecule has 32 heavy (non-hydrogen) atoms. The van der Waals surface area contributed by atoms with Crippen LogP contribution in [0.5, 0.6) is 0 Å². The molecule has 1 aromatic heterocycles. The van der Waals surface area contributed by atoms with Gasteiger partial charge in [-0.25, -0.2) is 9.97 Å². The van der Waals surface area contributed by atoms with Gasteiger partial charge < -0.3 is 25.5 Å². The summed E-state index contributed by atoms with van der Waals surface area (Å²) in [5.74, 6) is 0.286. The lowest BCUT2D eigenvalue weighted by molar-refractivity contribution is -0.0999. The summed E-state index contributed by atoms with van der Waals surface area (Å²) in [6.45, 7) is -0.775. The summed E-state index contributed by atoms with van der Waals surface area (Å²) in [5, 5.41) is 52.4. The summed E-state index contributed by atoms with van der Waals surface area (Å²) in [4.78, 5) is 9.11. The van der Waals surface area contributed by atoms with Crippen LogP contribution in [-0.4, -0.2) is 72.7 Å². The highest BCUT2D eigenvalue weighted by Gasteiger charge is 2.29. The number of aromatic nitrogens is 2. The molecule has 0 amide bonds. The molecule has 0 saturated carbocycles. The van der Waals surface area contributed by atoms with Crippen molar-refractivity contribution in [2.45, 2.75) is 30.8 Å². The Kier molecular flexibility index (Phi) is 8.32. The highest BCUT2D eigenvalue weighted by molar-refractivity contribution is 6.42. The lowest BCUT2D eigenvalue weighted by Gasteiger charge is -2.23. The fourth-order valence-corrected chi connectivity index (χ4v) is 3.21. The van der Waals surface area contributed by atoms with Crippen molar-refractivity contribution in [1.82, 2.24) is 9.97 Å². The zero-order valence-electron chi connectivity index (χ0n) is 16.7. The molecular weight excluding hydrogens is 459 g/mol. The van der Waals surface area contributed by atoms with E-state index in [1.54, 1.807) is 12.1 Å². The maximum absolute atomic E-state index is 9.99. The van der Waals surface area contributed by atoms with Crippen LogP contribution in [0.25, 0.3) is 11.0 Å². The highest BCUT2D eigenvalue weighted by Crippen LogP contribution is 2.28. The lowest BCUT2D eigenvalue weighted by atomic mass is 10.0. The van der Waals surface area contributed by atoms with Crippen LogP contribution in [0.15, 0.2) is 47.6 Å². The second-order valence-electron chi connectivity index (χ2n) is 7.05. The number of anilines is 1. The topological polar surface area (TPSA) is 151 Å². The van der Waals surface area contributed by atoms with E-state index in [2.05, 4.69) is 20.5 Å². The quantitative estimate of drug-likeness (QED) is 0.198. The van der Waals surface area contributed by atoms with Crippen molar-refractivity contribution >= 4 is 46.3 Å². The number of hydrogen-bond donors (Lipinski definition) is 6. The highest BCUT2D eigenvalue weighted by atomic mass is 35.5. The molecule has 2 aromatic carbocycles. The zero-order valence-corrected chi connectivity index (χ0v) is 18.2.